The van der Waals surface area contributed by atoms with Crippen LogP contribution < -0.4 is 9.64 Å². The van der Waals surface area contributed by atoms with Gasteiger partial charge in [0.05, 0.1) is 29.2 Å². The van der Waals surface area contributed by atoms with Gasteiger partial charge in [-0.15, -0.1) is 0 Å². The minimum absolute atomic E-state index is 0.0720. The Morgan fingerprint density at radius 3 is 2.67 bits per heavy atom. The largest absolute Gasteiger partial charge is 0.461 e. The fourth-order valence-electron chi connectivity index (χ4n) is 7.94. The van der Waals surface area contributed by atoms with Gasteiger partial charge in [-0.25, -0.2) is 13.2 Å². The van der Waals surface area contributed by atoms with Gasteiger partial charge in [0, 0.05) is 56.3 Å². The molecule has 3 aliphatic rings. The Morgan fingerprint density at radius 1 is 1.12 bits per heavy atom. The minimum atomic E-state index is -3.60. The maximum atomic E-state index is 16.8. The molecule has 0 bridgehead atoms. The van der Waals surface area contributed by atoms with Crippen LogP contribution in [0.5, 0.6) is 6.01 Å². The zero-order chi connectivity index (χ0) is 36.8. The fraction of sp³-hybridized carbons (Fsp3) is 0.500. The molecule has 52 heavy (non-hydrogen) atoms. The molecule has 5 heterocycles. The lowest BCUT2D eigenvalue weighted by molar-refractivity contribution is -0.127. The molecule has 0 N–H and O–H groups in total. The summed E-state index contributed by atoms with van der Waals surface area (Å²) in [6.45, 7) is 5.57. The van der Waals surface area contributed by atoms with Crippen molar-refractivity contribution < 1.29 is 36.3 Å². The summed E-state index contributed by atoms with van der Waals surface area (Å²) >= 11 is 6.41. The molecule has 0 unspecified atom stereocenters. The van der Waals surface area contributed by atoms with Gasteiger partial charge in [-0.05, 0) is 51.1 Å². The van der Waals surface area contributed by atoms with Crippen molar-refractivity contribution in [3.05, 3.63) is 53.2 Å². The van der Waals surface area contributed by atoms with Crippen LogP contribution in [0.3, 0.4) is 0 Å². The maximum Gasteiger partial charge on any atom is 0.340 e. The second-order valence-corrected chi connectivity index (χ2v) is 16.1. The number of anilines is 1. The molecule has 0 spiro atoms. The zero-order valence-corrected chi connectivity index (χ0v) is 30.9. The van der Waals surface area contributed by atoms with Gasteiger partial charge in [0.15, 0.2) is 5.82 Å². The molecule has 2 aromatic carbocycles. The third-order valence-electron chi connectivity index (χ3n) is 10.4. The topological polar surface area (TPSA) is 110 Å². The maximum absolute atomic E-state index is 16.8. The number of hydrogen-bond donors (Lipinski definition) is 0. The highest BCUT2D eigenvalue weighted by Gasteiger charge is 2.49. The van der Waals surface area contributed by atoms with Gasteiger partial charge in [-0.1, -0.05) is 35.9 Å². The number of amides is 1. The SMILES string of the molecule is CCOP(=O)(CC(=O)N1CC[C@@H](N(C)c2nc(OC[C@@]34CCCN3C[C@H](F)C4)nc3c(F)c(-c4cccc5ccc(F)c(Cl)c45)ncc23)C1)OCC. The quantitative estimate of drug-likeness (QED) is 0.140. The first-order valence-electron chi connectivity index (χ1n) is 17.6. The number of carbonyl (C=O) groups excluding carboxylic acids is 1. The number of aromatic nitrogens is 3. The van der Waals surface area contributed by atoms with E-state index in [1.165, 1.54) is 12.3 Å². The van der Waals surface area contributed by atoms with Crippen LogP contribution in [0, 0.1) is 11.6 Å². The normalized spacial score (nSPS) is 22.1. The van der Waals surface area contributed by atoms with E-state index in [1.54, 1.807) is 50.1 Å². The van der Waals surface area contributed by atoms with Crippen LogP contribution >= 0.6 is 19.2 Å². The van der Waals surface area contributed by atoms with Crippen molar-refractivity contribution >= 4 is 52.6 Å². The van der Waals surface area contributed by atoms with Crippen LogP contribution in [0.25, 0.3) is 32.9 Å². The monoisotopic (exact) mass is 760 g/mol. The highest BCUT2D eigenvalue weighted by atomic mass is 35.5. The van der Waals surface area contributed by atoms with Gasteiger partial charge in [0.25, 0.3) is 0 Å². The molecule has 3 fully saturated rings. The molecule has 278 valence electrons. The molecule has 1 amide bonds. The molecule has 7 rings (SSSR count). The highest BCUT2D eigenvalue weighted by Crippen LogP contribution is 2.48. The third-order valence-corrected chi connectivity index (χ3v) is 12.8. The molecule has 11 nitrogen and oxygen atoms in total. The molecule has 0 saturated carbocycles. The van der Waals surface area contributed by atoms with Crippen LogP contribution in [0.4, 0.5) is 19.0 Å². The summed E-state index contributed by atoms with van der Waals surface area (Å²) in [5, 5.41) is 1.07. The van der Waals surface area contributed by atoms with Crippen LogP contribution in [0.1, 0.15) is 39.5 Å². The Bertz CT molecular complexity index is 2050. The average Bonchev–Trinajstić information content (AvgIpc) is 3.84. The summed E-state index contributed by atoms with van der Waals surface area (Å²) in [6.07, 6.45) is 2.69. The van der Waals surface area contributed by atoms with Gasteiger partial charge in [0.1, 0.15) is 41.8 Å². The molecular formula is C36H41ClF3N6O5P. The fourth-order valence-corrected chi connectivity index (χ4v) is 9.79. The molecule has 2 aromatic heterocycles. The standard InChI is InChI=1S/C36H41ClF3N6O5P/c1-4-50-52(48,51-5-2)20-28(47)45-15-12-24(19-45)44(3)34-26-17-41-32(25-9-6-8-22-10-11-27(39)30(37)29(22)25)31(40)33(26)42-35(43-34)49-21-36-13-7-14-46(36)18-23(38)16-36/h6,8-11,17,23-24H,4-5,7,12-16,18-21H2,1-3H3/t23-,24-,36+/m1/s1. The lowest BCUT2D eigenvalue weighted by atomic mass is 9.95. The number of ether oxygens (including phenoxy) is 1. The minimum Gasteiger partial charge on any atom is -0.461 e. The van der Waals surface area contributed by atoms with E-state index < -0.39 is 30.9 Å². The summed E-state index contributed by atoms with van der Waals surface area (Å²) in [6, 6.07) is 7.57. The van der Waals surface area contributed by atoms with Crippen LogP contribution in [-0.2, 0) is 18.4 Å². The first kappa shape index (κ1) is 36.8. The van der Waals surface area contributed by atoms with E-state index >= 15 is 4.39 Å². The van der Waals surface area contributed by atoms with Crippen molar-refractivity contribution in [2.75, 3.05) is 64.1 Å². The predicted octanol–water partition coefficient (Wildman–Crippen LogP) is 7.04. The number of nitrogens with zero attached hydrogens (tertiary/aromatic N) is 6. The van der Waals surface area contributed by atoms with Crippen molar-refractivity contribution in [2.45, 2.75) is 57.3 Å². The van der Waals surface area contributed by atoms with Crippen molar-refractivity contribution in [3.63, 3.8) is 0 Å². The summed E-state index contributed by atoms with van der Waals surface area (Å²) < 4.78 is 76.0. The molecule has 0 radical (unpaired) electrons. The predicted molar refractivity (Wildman–Crippen MR) is 193 cm³/mol. The second kappa shape index (κ2) is 14.7. The highest BCUT2D eigenvalue weighted by molar-refractivity contribution is 7.54. The van der Waals surface area contributed by atoms with E-state index in [2.05, 4.69) is 14.9 Å². The first-order valence-corrected chi connectivity index (χ1v) is 19.7. The summed E-state index contributed by atoms with van der Waals surface area (Å²) in [4.78, 5) is 32.6. The molecule has 3 saturated heterocycles. The summed E-state index contributed by atoms with van der Waals surface area (Å²) in [7, 11) is -1.81. The van der Waals surface area contributed by atoms with E-state index in [4.69, 9.17) is 30.4 Å². The Hall–Kier alpha value is -3.55. The van der Waals surface area contributed by atoms with Gasteiger partial charge < -0.3 is 23.6 Å². The van der Waals surface area contributed by atoms with E-state index in [0.717, 1.165) is 19.4 Å². The van der Waals surface area contributed by atoms with E-state index in [1.807, 2.05) is 4.90 Å². The number of fused-ring (bicyclic) bond motifs is 3. The number of likely N-dealkylation sites (N-methyl/N-ethyl adjacent to an activating group) is 1. The van der Waals surface area contributed by atoms with Crippen LogP contribution in [0.15, 0.2) is 36.5 Å². The average molecular weight is 761 g/mol. The van der Waals surface area contributed by atoms with E-state index in [9.17, 15) is 18.1 Å². The Morgan fingerprint density at radius 2 is 1.90 bits per heavy atom. The van der Waals surface area contributed by atoms with Crippen molar-refractivity contribution in [2.24, 2.45) is 0 Å². The zero-order valence-electron chi connectivity index (χ0n) is 29.3. The molecular weight excluding hydrogens is 720 g/mol. The van der Waals surface area contributed by atoms with Gasteiger partial charge in [0.2, 0.25) is 5.91 Å². The van der Waals surface area contributed by atoms with Crippen LogP contribution in [-0.4, -0.2) is 108 Å². The summed E-state index contributed by atoms with van der Waals surface area (Å²) in [5.41, 5.74) is -0.355. The summed E-state index contributed by atoms with van der Waals surface area (Å²) in [5.74, 6) is -1.45. The number of hydrogen-bond acceptors (Lipinski definition) is 10. The van der Waals surface area contributed by atoms with Gasteiger partial charge in [-0.2, -0.15) is 9.97 Å². The molecule has 0 aliphatic carbocycles. The van der Waals surface area contributed by atoms with Gasteiger partial charge in [-0.3, -0.25) is 19.2 Å². The third kappa shape index (κ3) is 6.84. The van der Waals surface area contributed by atoms with Gasteiger partial charge >= 0.3 is 13.6 Å². The lowest BCUT2D eigenvalue weighted by Gasteiger charge is -2.31. The number of benzene rings is 2. The smallest absolute Gasteiger partial charge is 0.340 e. The van der Waals surface area contributed by atoms with Crippen molar-refractivity contribution in [1.82, 2.24) is 24.8 Å². The Balaban J connectivity index is 1.25. The van der Waals surface area contributed by atoms with E-state index in [0.29, 0.717) is 53.5 Å². The Labute approximate surface area is 304 Å². The second-order valence-electron chi connectivity index (χ2n) is 13.6. The number of likely N-dealkylation sites (tertiary alicyclic amines) is 1. The van der Waals surface area contributed by atoms with E-state index in [-0.39, 0.29) is 66.7 Å². The van der Waals surface area contributed by atoms with Crippen molar-refractivity contribution in [3.8, 4) is 17.3 Å². The Kier molecular flexibility index (Phi) is 10.4. The molecule has 16 heteroatoms. The molecule has 4 aromatic rings. The lowest BCUT2D eigenvalue weighted by Crippen LogP contribution is -2.43. The van der Waals surface area contributed by atoms with Crippen LogP contribution in [0.2, 0.25) is 5.02 Å². The number of rotatable bonds is 12. The number of halogens is 4. The number of carbonyl (C=O) groups is 1. The number of pyridine rings is 1. The first-order chi connectivity index (χ1) is 25.0. The van der Waals surface area contributed by atoms with Crippen molar-refractivity contribution in [1.29, 1.82) is 0 Å². The number of alkyl halides is 1. The molecule has 3 atom stereocenters. The molecule has 3 aliphatic heterocycles.